The van der Waals surface area contributed by atoms with E-state index in [2.05, 4.69) is 138 Å². The Morgan fingerprint density at radius 3 is 1.27 bits per heavy atom. The van der Waals surface area contributed by atoms with Crippen molar-refractivity contribution in [1.29, 1.82) is 0 Å². The Bertz CT molecular complexity index is 2610. The quantitative estimate of drug-likeness (QED) is 0.0223. The summed E-state index contributed by atoms with van der Waals surface area (Å²) in [6.45, 7) is 57.8. The summed E-state index contributed by atoms with van der Waals surface area (Å²) in [7, 11) is 11.0. The third-order valence-corrected chi connectivity index (χ3v) is 42.3. The number of ether oxygens (including phenoxy) is 3. The van der Waals surface area contributed by atoms with E-state index in [4.69, 9.17) is 26.7 Å². The zero-order valence-corrected chi connectivity index (χ0v) is 70.2. The molecule has 0 bridgehead atoms. The molecule has 515 valence electrons. The summed E-state index contributed by atoms with van der Waals surface area (Å²) in [5.74, 6) is -0.000952. The Balaban J connectivity index is -0.00000106. The van der Waals surface area contributed by atoms with Gasteiger partial charge in [-0.2, -0.15) is 6.08 Å². The molecule has 0 radical (unpaired) electrons. The van der Waals surface area contributed by atoms with Crippen molar-refractivity contribution >= 4 is 142 Å². The number of carbonyl (C=O) groups is 4. The second-order valence-electron chi connectivity index (χ2n) is 29.4. The van der Waals surface area contributed by atoms with Gasteiger partial charge in [0.15, 0.2) is 22.4 Å². The first-order chi connectivity index (χ1) is 39.9. The number of rotatable bonds is 18. The Morgan fingerprint density at radius 1 is 0.591 bits per heavy atom. The van der Waals surface area contributed by atoms with Gasteiger partial charge in [0.2, 0.25) is 0 Å². The minimum atomic E-state index is -1.78. The Labute approximate surface area is 580 Å². The normalized spacial score (nSPS) is 21.2. The zero-order valence-electron chi connectivity index (χ0n) is 57.8. The van der Waals surface area contributed by atoms with E-state index in [1.807, 2.05) is 82.2 Å². The summed E-state index contributed by atoms with van der Waals surface area (Å²) in [5.41, 5.74) is -0.178. The Morgan fingerprint density at radius 2 is 0.943 bits per heavy atom. The van der Waals surface area contributed by atoms with Crippen LogP contribution in [0.3, 0.4) is 0 Å². The summed E-state index contributed by atoms with van der Waals surface area (Å²) < 4.78 is 37.4. The molecular weight excluding hydrogens is 1400 g/mol. The van der Waals surface area contributed by atoms with E-state index in [0.717, 1.165) is 48.6 Å². The van der Waals surface area contributed by atoms with E-state index in [1.54, 1.807) is 68.2 Å². The number of hydrogen-bond acceptors (Lipinski definition) is 15. The molecule has 3 aliphatic heterocycles. The van der Waals surface area contributed by atoms with Crippen molar-refractivity contribution in [1.82, 2.24) is 0 Å². The van der Waals surface area contributed by atoms with Crippen LogP contribution in [0.4, 0.5) is 0 Å². The van der Waals surface area contributed by atoms with Crippen LogP contribution in [-0.2, 0) is 166 Å². The monoisotopic (exact) mass is 1510 g/mol. The van der Waals surface area contributed by atoms with Gasteiger partial charge in [0, 0.05) is 162 Å². The van der Waals surface area contributed by atoms with Crippen LogP contribution in [0.25, 0.3) is 0 Å². The molecule has 3 rings (SSSR count). The Kier molecular flexibility index (Phi) is 45.6. The van der Waals surface area contributed by atoms with Gasteiger partial charge >= 0.3 is 33.0 Å². The van der Waals surface area contributed by atoms with E-state index in [0.29, 0.717) is 25.7 Å². The van der Waals surface area contributed by atoms with Gasteiger partial charge < -0.3 is 43.2 Å². The average Bonchev–Trinajstić information content (AvgIpc) is 2.86. The van der Waals surface area contributed by atoms with Crippen LogP contribution in [0.15, 0.2) is 35.6 Å². The van der Waals surface area contributed by atoms with E-state index in [-0.39, 0.29) is 104 Å². The molecule has 0 aromatic rings. The van der Waals surface area contributed by atoms with Crippen LogP contribution in [0, 0.1) is 40.4 Å². The molecule has 10 atom stereocenters. The van der Waals surface area contributed by atoms with Crippen LogP contribution in [0.5, 0.6) is 0 Å². The maximum absolute atomic E-state index is 11.6. The standard InChI is InChI=1S/C19H36O5Si.C19H36O4Si.C12H21O.C11H20O2.O.S11.V/c1-8-13(24-25(6,7)19(3,4)5)10-15-16(22-15)11-14(20)18-12(2)9-17(21)23-18;1-8-15(23-24(6,7)19(3,4)5)11-9-10-12-16(20)18-14(2)13-17(21)22-18;1-9(11(2,3)4)8-10(13)12(5,6)7;1-10(2,3)8(12)7-9(13)11(4,5)6;;1-3-5-7-9-11-10-8-6-4-2;/h12-16,18,20H,8-11H2,1-7H3;9-10,14-16,18,20H,8,11-13H2,1-7H3;8H,1H2,2-7H3;7,12H,1-6H3;;;/q;;-1;;;;/b;10-9-;;;;;/t12-,13-,14-,15?,16+,18-;14-,15-,16-,18-;;;;;/m00...../s1. The number of allylic oxidation sites excluding steroid dienone is 4. The number of ketones is 2. The predicted octanol–water partition coefficient (Wildman–Crippen LogP) is 14.4. The van der Waals surface area contributed by atoms with Crippen LogP contribution < -0.4 is 0 Å². The van der Waals surface area contributed by atoms with Crippen molar-refractivity contribution in [2.24, 2.45) is 33.5 Å². The molecule has 13 nitrogen and oxygen atoms in total. The van der Waals surface area contributed by atoms with Crippen LogP contribution in [0.2, 0.25) is 36.3 Å². The fourth-order valence-corrected chi connectivity index (χ4v) is 29.3. The van der Waals surface area contributed by atoms with E-state index in [9.17, 15) is 34.5 Å². The molecule has 0 aromatic heterocycles. The van der Waals surface area contributed by atoms with Crippen LogP contribution >= 0.6 is 0 Å². The average molecular weight is 1510 g/mol. The summed E-state index contributed by atoms with van der Waals surface area (Å²) in [6, 6.07) is 0. The molecule has 3 saturated heterocycles. The molecule has 3 aliphatic rings. The fourth-order valence-electron chi connectivity index (χ4n) is 7.16. The van der Waals surface area contributed by atoms with E-state index < -0.39 is 34.3 Å². The first-order valence-electron chi connectivity index (χ1n) is 29.8. The van der Waals surface area contributed by atoms with Crippen molar-refractivity contribution in [3.63, 3.8) is 0 Å². The molecule has 0 spiro atoms. The van der Waals surface area contributed by atoms with Gasteiger partial charge in [-0.15, -0.1) is 0 Å². The number of epoxide rings is 1. The molecule has 1 unspecified atom stereocenters. The number of hydrogen-bond donors (Lipinski definition) is 3. The fraction of sp³-hybridized carbons (Fsp3) is 0.820. The Hall–Kier alpha value is 0.208. The molecule has 0 aromatic carbocycles. The van der Waals surface area contributed by atoms with Gasteiger partial charge in [-0.05, 0) is 67.4 Å². The van der Waals surface area contributed by atoms with Gasteiger partial charge in [-0.3, -0.25) is 14.4 Å². The van der Waals surface area contributed by atoms with Crippen molar-refractivity contribution in [2.45, 2.75) is 289 Å². The predicted molar refractivity (Wildman–Crippen MR) is 394 cm³/mol. The van der Waals surface area contributed by atoms with Crippen molar-refractivity contribution in [2.75, 3.05) is 0 Å². The van der Waals surface area contributed by atoms with Crippen molar-refractivity contribution < 1.29 is 78.6 Å². The van der Waals surface area contributed by atoms with E-state index in [1.165, 1.54) is 23.8 Å². The molecular formula is C61H113O13S11Si2V-. The van der Waals surface area contributed by atoms with Gasteiger partial charge in [0.25, 0.3) is 0 Å². The van der Waals surface area contributed by atoms with Gasteiger partial charge in [0.05, 0.1) is 43.0 Å². The molecule has 0 saturated carbocycles. The summed E-state index contributed by atoms with van der Waals surface area (Å²) in [6.07, 6.45) is 11.2. The van der Waals surface area contributed by atoms with Crippen LogP contribution in [-0.4, -0.2) is 104 Å². The zero-order chi connectivity index (χ0) is 69.6. The topological polar surface area (TPSA) is 195 Å². The summed E-state index contributed by atoms with van der Waals surface area (Å²) in [4.78, 5) is 45.7. The maximum atomic E-state index is 11.6. The molecule has 0 amide bonds. The van der Waals surface area contributed by atoms with Gasteiger partial charge in [-0.25, -0.2) is 12.5 Å². The molecule has 27 heteroatoms. The second kappa shape index (κ2) is 43.4. The van der Waals surface area contributed by atoms with Crippen LogP contribution in [0.1, 0.15) is 204 Å². The number of carbonyl (C=O) groups excluding carboxylic acids is 4. The number of esters is 2. The molecule has 3 heterocycles. The molecule has 3 fully saturated rings. The third kappa shape index (κ3) is 39.9. The van der Waals surface area contributed by atoms with Crippen molar-refractivity contribution in [3.8, 4) is 0 Å². The minimum absolute atomic E-state index is 0.0130. The second-order valence-corrected chi connectivity index (χ2v) is 54.8. The number of aliphatic hydroxyl groups is 3. The number of aliphatic hydroxyl groups excluding tert-OH is 3. The third-order valence-electron chi connectivity index (χ3n) is 15.4. The van der Waals surface area contributed by atoms with Gasteiger partial charge in [-0.1, -0.05) is 164 Å². The molecule has 0 aliphatic carbocycles. The summed E-state index contributed by atoms with van der Waals surface area (Å²) in [5, 5.41) is 30.5. The molecule has 3 N–H and O–H groups in total. The van der Waals surface area contributed by atoms with E-state index >= 15 is 0 Å². The first kappa shape index (κ1) is 92.4. The number of cyclic esters (lactones) is 2. The summed E-state index contributed by atoms with van der Waals surface area (Å²) >= 11 is 10.4. The molecule has 88 heavy (non-hydrogen) atoms. The van der Waals surface area contributed by atoms with Gasteiger partial charge in [0.1, 0.15) is 18.0 Å². The first-order valence-corrected chi connectivity index (χ1v) is 49.5. The SMILES string of the molecule is CC(C)(C)C(=O)C=C(O)C(C)(C)C.CC[C@@H](C/C=C\C[C@H](O)[C@H]1OC(=O)C[C@@H]1C)O[Si](C)(C)C(C)(C)C.CC[C@@H](CC1O[C@@H]1C[C@H](O)[C@H]1OC(=O)C[C@@H]1C)O[Si](C)(C)C(C)(C)C.S=S=S=S=S=S=S=S=S=S=S.[CH2-]C(=CC(=O)C(C)(C)C)C(C)(C)C.[O]=[V]. The van der Waals surface area contributed by atoms with Crippen molar-refractivity contribution in [3.05, 3.63) is 42.6 Å².